The molecule has 2 aromatic rings. The first-order valence-electron chi connectivity index (χ1n) is 7.49. The molecule has 2 heterocycles. The Hall–Kier alpha value is -1.72. The normalized spacial score (nSPS) is 19.8. The summed E-state index contributed by atoms with van der Waals surface area (Å²) in [6, 6.07) is 10.6. The summed E-state index contributed by atoms with van der Waals surface area (Å²) >= 11 is 0. The van der Waals surface area contributed by atoms with E-state index in [1.54, 1.807) is 6.92 Å². The topological polar surface area (TPSA) is 51.4 Å². The summed E-state index contributed by atoms with van der Waals surface area (Å²) in [7, 11) is 0. The fraction of sp³-hybridized carbons (Fsp3) is 0.500. The average Bonchev–Trinajstić information content (AvgIpc) is 2.95. The minimum Gasteiger partial charge on any atom is -0.367 e. The highest BCUT2D eigenvalue weighted by molar-refractivity contribution is 5.14. The van der Waals surface area contributed by atoms with Gasteiger partial charge < -0.3 is 9.26 Å². The monoisotopic (exact) mass is 287 g/mol. The predicted molar refractivity (Wildman–Crippen MR) is 78.9 cm³/mol. The van der Waals surface area contributed by atoms with Gasteiger partial charge in [-0.3, -0.25) is 4.90 Å². The molecule has 0 radical (unpaired) electrons. The minimum absolute atomic E-state index is 0.0621. The van der Waals surface area contributed by atoms with Gasteiger partial charge >= 0.3 is 0 Å². The van der Waals surface area contributed by atoms with Gasteiger partial charge in [-0.2, -0.15) is 4.98 Å². The predicted octanol–water partition coefficient (Wildman–Crippen LogP) is 2.38. The van der Waals surface area contributed by atoms with Crippen LogP contribution in [0.3, 0.4) is 0 Å². The lowest BCUT2D eigenvalue weighted by Crippen LogP contribution is -2.39. The molecule has 5 nitrogen and oxygen atoms in total. The van der Waals surface area contributed by atoms with Crippen molar-refractivity contribution in [1.82, 2.24) is 15.0 Å². The number of benzene rings is 1. The molecule has 21 heavy (non-hydrogen) atoms. The third-order valence-electron chi connectivity index (χ3n) is 3.76. The van der Waals surface area contributed by atoms with E-state index in [1.807, 2.05) is 0 Å². The second kappa shape index (κ2) is 6.83. The lowest BCUT2D eigenvalue weighted by atomic mass is 10.1. The molecule has 0 amide bonds. The van der Waals surface area contributed by atoms with E-state index in [1.165, 1.54) is 5.56 Å². The molecule has 0 aliphatic carbocycles. The number of aryl methyl sites for hydroxylation is 2. The van der Waals surface area contributed by atoms with E-state index < -0.39 is 0 Å². The maximum absolute atomic E-state index is 5.75. The Balaban J connectivity index is 1.48. The highest BCUT2D eigenvalue weighted by atomic mass is 16.5. The largest absolute Gasteiger partial charge is 0.367 e. The molecule has 0 spiro atoms. The van der Waals surface area contributed by atoms with Crippen LogP contribution in [0.4, 0.5) is 0 Å². The van der Waals surface area contributed by atoms with Crippen LogP contribution in [0.5, 0.6) is 0 Å². The Morgan fingerprint density at radius 2 is 2.14 bits per heavy atom. The highest BCUT2D eigenvalue weighted by Crippen LogP contribution is 2.19. The number of hydrogen-bond donors (Lipinski definition) is 0. The van der Waals surface area contributed by atoms with E-state index in [-0.39, 0.29) is 6.10 Å². The van der Waals surface area contributed by atoms with Crippen molar-refractivity contribution in [2.45, 2.75) is 25.9 Å². The molecular weight excluding hydrogens is 266 g/mol. The molecule has 0 saturated carbocycles. The second-order valence-electron chi connectivity index (χ2n) is 5.42. The molecule has 1 aromatic heterocycles. The summed E-state index contributed by atoms with van der Waals surface area (Å²) in [6.07, 6.45) is 2.21. The van der Waals surface area contributed by atoms with Gasteiger partial charge in [-0.1, -0.05) is 35.5 Å². The third-order valence-corrected chi connectivity index (χ3v) is 3.76. The van der Waals surface area contributed by atoms with Gasteiger partial charge in [0.15, 0.2) is 0 Å². The molecule has 1 atom stereocenters. The zero-order chi connectivity index (χ0) is 14.5. The fourth-order valence-electron chi connectivity index (χ4n) is 2.66. The second-order valence-corrected chi connectivity index (χ2v) is 5.42. The van der Waals surface area contributed by atoms with Crippen LogP contribution in [-0.2, 0) is 11.2 Å². The molecule has 0 N–H and O–H groups in total. The minimum atomic E-state index is -0.0621. The fourth-order valence-corrected chi connectivity index (χ4v) is 2.66. The van der Waals surface area contributed by atoms with Crippen molar-refractivity contribution in [3.63, 3.8) is 0 Å². The van der Waals surface area contributed by atoms with Crippen LogP contribution in [0.15, 0.2) is 34.9 Å². The number of ether oxygens (including phenoxy) is 1. The molecule has 1 saturated heterocycles. The molecule has 3 rings (SSSR count). The molecule has 0 bridgehead atoms. The Morgan fingerprint density at radius 1 is 1.29 bits per heavy atom. The van der Waals surface area contributed by atoms with Crippen LogP contribution in [0, 0.1) is 6.92 Å². The van der Waals surface area contributed by atoms with E-state index >= 15 is 0 Å². The first-order chi connectivity index (χ1) is 10.3. The number of aromatic nitrogens is 2. The number of morpholine rings is 1. The van der Waals surface area contributed by atoms with Gasteiger partial charge in [0.1, 0.15) is 6.10 Å². The third kappa shape index (κ3) is 3.89. The van der Waals surface area contributed by atoms with Gasteiger partial charge in [0, 0.05) is 20.0 Å². The smallest absolute Gasteiger partial charge is 0.223 e. The Morgan fingerprint density at radius 3 is 2.90 bits per heavy atom. The summed E-state index contributed by atoms with van der Waals surface area (Å²) in [5, 5.41) is 3.96. The van der Waals surface area contributed by atoms with Crippen molar-refractivity contribution in [2.75, 3.05) is 26.2 Å². The van der Waals surface area contributed by atoms with Crippen molar-refractivity contribution in [2.24, 2.45) is 0 Å². The number of rotatable bonds is 5. The SMILES string of the molecule is Cc1nc(C2CN(CCCc3ccccc3)CCO2)no1. The number of nitrogens with zero attached hydrogens (tertiary/aromatic N) is 3. The standard InChI is InChI=1S/C16H21N3O2/c1-13-17-16(18-21-13)15-12-19(10-11-20-15)9-5-8-14-6-3-2-4-7-14/h2-4,6-7,15H,5,8-12H2,1H3. The molecule has 1 aliphatic rings. The maximum atomic E-state index is 5.75. The lowest BCUT2D eigenvalue weighted by molar-refractivity contribution is -0.0353. The van der Waals surface area contributed by atoms with Gasteiger partial charge in [0.05, 0.1) is 6.61 Å². The van der Waals surface area contributed by atoms with E-state index in [2.05, 4.69) is 45.4 Å². The van der Waals surface area contributed by atoms with Crippen molar-refractivity contribution in [3.8, 4) is 0 Å². The van der Waals surface area contributed by atoms with Crippen molar-refractivity contribution in [3.05, 3.63) is 47.6 Å². The van der Waals surface area contributed by atoms with Crippen LogP contribution in [-0.4, -0.2) is 41.3 Å². The van der Waals surface area contributed by atoms with Gasteiger partial charge in [-0.25, -0.2) is 0 Å². The van der Waals surface area contributed by atoms with E-state index in [0.29, 0.717) is 11.7 Å². The lowest BCUT2D eigenvalue weighted by Gasteiger charge is -2.31. The molecular formula is C16H21N3O2. The Bertz CT molecular complexity index is 556. The Kier molecular flexibility index (Phi) is 4.62. The van der Waals surface area contributed by atoms with Crippen molar-refractivity contribution >= 4 is 0 Å². The number of hydrogen-bond acceptors (Lipinski definition) is 5. The summed E-state index contributed by atoms with van der Waals surface area (Å²) < 4.78 is 10.8. The van der Waals surface area contributed by atoms with Crippen LogP contribution in [0.1, 0.15) is 29.8 Å². The van der Waals surface area contributed by atoms with Crippen LogP contribution < -0.4 is 0 Å². The zero-order valence-electron chi connectivity index (χ0n) is 12.4. The molecule has 112 valence electrons. The quantitative estimate of drug-likeness (QED) is 0.845. The van der Waals surface area contributed by atoms with Crippen LogP contribution in [0.25, 0.3) is 0 Å². The van der Waals surface area contributed by atoms with Gasteiger partial charge in [0.2, 0.25) is 11.7 Å². The van der Waals surface area contributed by atoms with E-state index in [0.717, 1.165) is 39.1 Å². The summed E-state index contributed by atoms with van der Waals surface area (Å²) in [4.78, 5) is 6.69. The van der Waals surface area contributed by atoms with E-state index in [9.17, 15) is 0 Å². The first kappa shape index (κ1) is 14.2. The zero-order valence-corrected chi connectivity index (χ0v) is 12.4. The Labute approximate surface area is 124 Å². The van der Waals surface area contributed by atoms with Crippen LogP contribution in [0.2, 0.25) is 0 Å². The first-order valence-corrected chi connectivity index (χ1v) is 7.49. The maximum Gasteiger partial charge on any atom is 0.223 e. The molecule has 1 aliphatic heterocycles. The van der Waals surface area contributed by atoms with Crippen LogP contribution >= 0.6 is 0 Å². The van der Waals surface area contributed by atoms with Gasteiger partial charge in [0.25, 0.3) is 0 Å². The van der Waals surface area contributed by atoms with Gasteiger partial charge in [-0.05, 0) is 24.9 Å². The van der Waals surface area contributed by atoms with Crippen molar-refractivity contribution in [1.29, 1.82) is 0 Å². The highest BCUT2D eigenvalue weighted by Gasteiger charge is 2.25. The van der Waals surface area contributed by atoms with Crippen molar-refractivity contribution < 1.29 is 9.26 Å². The molecule has 1 aromatic carbocycles. The summed E-state index contributed by atoms with van der Waals surface area (Å²) in [5.41, 5.74) is 1.40. The molecule has 5 heteroatoms. The molecule has 1 unspecified atom stereocenters. The average molecular weight is 287 g/mol. The molecule has 1 fully saturated rings. The summed E-state index contributed by atoms with van der Waals surface area (Å²) in [5.74, 6) is 1.26. The van der Waals surface area contributed by atoms with Gasteiger partial charge in [-0.15, -0.1) is 0 Å². The van der Waals surface area contributed by atoms with E-state index in [4.69, 9.17) is 9.26 Å². The summed E-state index contributed by atoms with van der Waals surface area (Å²) in [6.45, 7) is 5.42.